The van der Waals surface area contributed by atoms with Crippen LogP contribution in [0.2, 0.25) is 0 Å². The molecular formula is C48H38N4O6. The molecule has 6 aromatic rings. The largest absolute Gasteiger partial charge is 0.409 e. The first-order valence-electron chi connectivity index (χ1n) is 19.1. The average Bonchev–Trinajstić information content (AvgIpc) is 3.84. The van der Waals surface area contributed by atoms with E-state index in [1.807, 2.05) is 145 Å². The smallest absolute Gasteiger partial charge is 0.309 e. The molecule has 0 saturated heterocycles. The molecule has 10 rings (SSSR count). The Hall–Kier alpha value is -7.20. The molecule has 2 atom stereocenters. The number of rotatable bonds is 6. The highest BCUT2D eigenvalue weighted by molar-refractivity contribution is 6.35. The first-order chi connectivity index (χ1) is 28.0. The Kier molecular flexibility index (Phi) is 7.38. The molecule has 2 aliphatic heterocycles. The Morgan fingerprint density at radius 1 is 0.483 bits per heavy atom. The maximum Gasteiger partial charge on any atom is 0.309 e. The second kappa shape index (κ2) is 12.1. The van der Waals surface area contributed by atoms with Crippen LogP contribution in [0.15, 0.2) is 132 Å². The highest BCUT2D eigenvalue weighted by Crippen LogP contribution is 2.72. The van der Waals surface area contributed by atoms with Gasteiger partial charge in [-0.15, -0.1) is 0 Å². The SMILES string of the molecule is CC(=O)Oc1c2c(c(-c3ccccc3)n1C)C1(c3ccccc3)C3=C(C(=O)N1C)c1c(c(-c4ccccc4)n(C)c1OC(C)=O)C1(c4ccccc4)C3=C2C(=O)N1C. The van der Waals surface area contributed by atoms with E-state index in [1.165, 1.54) is 13.8 Å². The molecule has 0 spiro atoms. The van der Waals surface area contributed by atoms with Crippen LogP contribution >= 0.6 is 0 Å². The number of amides is 2. The van der Waals surface area contributed by atoms with Crippen molar-refractivity contribution in [3.8, 4) is 34.3 Å². The molecule has 4 aromatic carbocycles. The molecule has 0 fully saturated rings. The maximum absolute atomic E-state index is 15.8. The van der Waals surface area contributed by atoms with Gasteiger partial charge in [0.2, 0.25) is 11.8 Å². The van der Waals surface area contributed by atoms with Crippen LogP contribution in [0.5, 0.6) is 11.8 Å². The number of likely N-dealkylation sites (N-methyl/N-ethyl adjacent to an activating group) is 2. The van der Waals surface area contributed by atoms with E-state index in [2.05, 4.69) is 0 Å². The normalized spacial score (nSPS) is 20.0. The van der Waals surface area contributed by atoms with Crippen LogP contribution in [0.25, 0.3) is 33.7 Å². The van der Waals surface area contributed by atoms with Crippen molar-refractivity contribution in [2.45, 2.75) is 24.9 Å². The molecule has 0 N–H and O–H groups in total. The minimum atomic E-state index is -1.39. The molecule has 2 unspecified atom stereocenters. The van der Waals surface area contributed by atoms with Gasteiger partial charge in [0, 0.05) is 64.3 Å². The van der Waals surface area contributed by atoms with Crippen molar-refractivity contribution in [1.29, 1.82) is 0 Å². The number of esters is 2. The van der Waals surface area contributed by atoms with Crippen LogP contribution in [-0.2, 0) is 44.4 Å². The van der Waals surface area contributed by atoms with Crippen molar-refractivity contribution in [3.63, 3.8) is 0 Å². The second-order valence-corrected chi connectivity index (χ2v) is 15.2. The number of benzene rings is 4. The third-order valence-corrected chi connectivity index (χ3v) is 12.4. The van der Waals surface area contributed by atoms with Crippen LogP contribution in [0, 0.1) is 0 Å². The number of carbonyl (C=O) groups is 4. The summed E-state index contributed by atoms with van der Waals surface area (Å²) < 4.78 is 16.1. The van der Waals surface area contributed by atoms with Crippen molar-refractivity contribution >= 4 is 34.9 Å². The van der Waals surface area contributed by atoms with Crippen LogP contribution in [0.1, 0.15) is 47.2 Å². The zero-order chi connectivity index (χ0) is 40.4. The van der Waals surface area contributed by atoms with Gasteiger partial charge in [-0.2, -0.15) is 0 Å². The number of ether oxygens (including phenoxy) is 2. The van der Waals surface area contributed by atoms with Crippen molar-refractivity contribution in [2.75, 3.05) is 14.1 Å². The maximum atomic E-state index is 15.8. The monoisotopic (exact) mass is 766 g/mol. The quantitative estimate of drug-likeness (QED) is 0.166. The van der Waals surface area contributed by atoms with Gasteiger partial charge in [-0.05, 0) is 22.3 Å². The summed E-state index contributed by atoms with van der Waals surface area (Å²) in [7, 11) is 7.22. The third kappa shape index (κ3) is 4.11. The Labute approximate surface area is 334 Å². The lowest BCUT2D eigenvalue weighted by Gasteiger charge is -2.48. The van der Waals surface area contributed by atoms with Crippen molar-refractivity contribution in [1.82, 2.24) is 18.9 Å². The van der Waals surface area contributed by atoms with E-state index in [0.29, 0.717) is 55.9 Å². The van der Waals surface area contributed by atoms with E-state index in [1.54, 1.807) is 23.9 Å². The molecule has 2 aromatic heterocycles. The lowest BCUT2D eigenvalue weighted by atomic mass is 9.58. The van der Waals surface area contributed by atoms with Gasteiger partial charge in [-0.3, -0.25) is 19.2 Å². The predicted octanol–water partition coefficient (Wildman–Crippen LogP) is 7.21. The van der Waals surface area contributed by atoms with E-state index < -0.39 is 23.0 Å². The molecule has 4 aliphatic rings. The molecule has 10 heteroatoms. The first-order valence-corrected chi connectivity index (χ1v) is 19.1. The lowest BCUT2D eigenvalue weighted by molar-refractivity contribution is -0.133. The second-order valence-electron chi connectivity index (χ2n) is 15.2. The minimum absolute atomic E-state index is 0.195. The summed E-state index contributed by atoms with van der Waals surface area (Å²) in [6, 6.07) is 39.0. The summed E-state index contributed by atoms with van der Waals surface area (Å²) in [6.07, 6.45) is 0. The highest BCUT2D eigenvalue weighted by Gasteiger charge is 2.71. The van der Waals surface area contributed by atoms with Gasteiger partial charge in [0.1, 0.15) is 11.1 Å². The molecule has 0 bridgehead atoms. The number of hydrogen-bond donors (Lipinski definition) is 0. The van der Waals surface area contributed by atoms with Gasteiger partial charge < -0.3 is 28.4 Å². The van der Waals surface area contributed by atoms with Gasteiger partial charge in [-0.25, -0.2) is 0 Å². The fourth-order valence-corrected chi connectivity index (χ4v) is 10.4. The number of fused-ring (bicyclic) bond motifs is 6. The molecule has 2 aliphatic carbocycles. The molecule has 286 valence electrons. The predicted molar refractivity (Wildman–Crippen MR) is 218 cm³/mol. The number of hydrogen-bond acceptors (Lipinski definition) is 6. The van der Waals surface area contributed by atoms with Crippen molar-refractivity contribution in [2.24, 2.45) is 14.1 Å². The minimum Gasteiger partial charge on any atom is -0.409 e. The van der Waals surface area contributed by atoms with Crippen LogP contribution < -0.4 is 9.47 Å². The Morgan fingerprint density at radius 3 is 1.10 bits per heavy atom. The standard InChI is InChI=1S/C48H38N4O6/c1-27(53)57-45-35-33-37-38-34(44(56)52(6)47(38,31-23-15-9-16-24-31)39(35)41(49(45)3)29-19-11-7-12-20-29)36-40(48(37,51(5)43(33)55)32-25-17-10-18-26-32)42(30-21-13-8-14-22-30)50(4)46(36)58-28(2)54/h7-26H,1-6H3. The lowest BCUT2D eigenvalue weighted by Crippen LogP contribution is -2.50. The van der Waals surface area contributed by atoms with Gasteiger partial charge in [0.25, 0.3) is 11.8 Å². The molecule has 58 heavy (non-hydrogen) atoms. The fraction of sp³-hybridized carbons (Fsp3) is 0.167. The Bertz CT molecular complexity index is 2670. The van der Waals surface area contributed by atoms with Gasteiger partial charge in [-0.1, -0.05) is 121 Å². The highest BCUT2D eigenvalue weighted by atomic mass is 16.5. The molecule has 0 saturated carbocycles. The summed E-state index contributed by atoms with van der Waals surface area (Å²) in [5.41, 5.74) is 5.73. The van der Waals surface area contributed by atoms with Gasteiger partial charge in [0.05, 0.1) is 33.7 Å². The Morgan fingerprint density at radius 2 is 0.793 bits per heavy atom. The summed E-state index contributed by atoms with van der Waals surface area (Å²) in [4.78, 5) is 61.4. The molecule has 4 heterocycles. The fourth-order valence-electron chi connectivity index (χ4n) is 10.4. The third-order valence-electron chi connectivity index (χ3n) is 12.4. The van der Waals surface area contributed by atoms with E-state index in [-0.39, 0.29) is 23.6 Å². The van der Waals surface area contributed by atoms with Gasteiger partial charge >= 0.3 is 11.9 Å². The summed E-state index contributed by atoms with van der Waals surface area (Å²) in [5, 5.41) is 0. The van der Waals surface area contributed by atoms with Crippen LogP contribution in [-0.4, -0.2) is 56.8 Å². The summed E-state index contributed by atoms with van der Waals surface area (Å²) in [5.74, 6) is -1.36. The topological polar surface area (TPSA) is 103 Å². The first kappa shape index (κ1) is 35.2. The van der Waals surface area contributed by atoms with E-state index in [0.717, 1.165) is 22.3 Å². The van der Waals surface area contributed by atoms with E-state index in [4.69, 9.17) is 9.47 Å². The summed E-state index contributed by atoms with van der Waals surface area (Å²) in [6.45, 7) is 2.69. The van der Waals surface area contributed by atoms with E-state index in [9.17, 15) is 9.59 Å². The van der Waals surface area contributed by atoms with Crippen molar-refractivity contribution < 1.29 is 28.7 Å². The average molecular weight is 767 g/mol. The van der Waals surface area contributed by atoms with Crippen LogP contribution in [0.4, 0.5) is 0 Å². The number of aromatic nitrogens is 2. The summed E-state index contributed by atoms with van der Waals surface area (Å²) >= 11 is 0. The zero-order valence-electron chi connectivity index (χ0n) is 32.8. The van der Waals surface area contributed by atoms with Gasteiger partial charge in [0.15, 0.2) is 0 Å². The Balaban J connectivity index is 1.53. The number of nitrogens with zero attached hydrogens (tertiary/aromatic N) is 4. The van der Waals surface area contributed by atoms with Crippen molar-refractivity contribution in [3.05, 3.63) is 166 Å². The zero-order valence-corrected chi connectivity index (χ0v) is 32.8. The molecule has 10 nitrogen and oxygen atoms in total. The molecular weight excluding hydrogens is 729 g/mol. The van der Waals surface area contributed by atoms with Crippen LogP contribution in [0.3, 0.4) is 0 Å². The van der Waals surface area contributed by atoms with E-state index >= 15 is 9.59 Å². The molecule has 2 amide bonds. The molecule has 0 radical (unpaired) electrons. The number of carbonyl (C=O) groups excluding carboxylic acids is 4.